The molecule has 7 aliphatic carbocycles. The molecule has 3 heterocycles. The summed E-state index contributed by atoms with van der Waals surface area (Å²) in [5, 5.41) is 1.31. The summed E-state index contributed by atoms with van der Waals surface area (Å²) in [6, 6.07) is 18.4. The fourth-order valence-corrected chi connectivity index (χ4v) is 16.4. The largest absolute Gasteiger partial charge is 0.468 e. The molecule has 0 spiro atoms. The van der Waals surface area contributed by atoms with Crippen molar-refractivity contribution >= 4 is 45.9 Å². The molecule has 1 aromatic heterocycles. The Labute approximate surface area is 446 Å². The van der Waals surface area contributed by atoms with E-state index in [-0.39, 0.29) is 45.2 Å². The molecule has 4 atom stereocenters. The maximum Gasteiger partial charge on any atom is 0.292 e. The van der Waals surface area contributed by atoms with Gasteiger partial charge in [0.25, 0.3) is 6.71 Å². The van der Waals surface area contributed by atoms with Crippen molar-refractivity contribution in [2.45, 2.75) is 213 Å². The summed E-state index contributed by atoms with van der Waals surface area (Å²) in [5.74, 6) is 1.38. The van der Waals surface area contributed by atoms with E-state index in [1.807, 2.05) is 0 Å². The third-order valence-electron chi connectivity index (χ3n) is 21.4. The Morgan fingerprint density at radius 3 is 1.91 bits per heavy atom. The monoisotopic (exact) mass is 981 g/mol. The number of benzene rings is 3. The van der Waals surface area contributed by atoms with Crippen LogP contribution in [0.4, 0.5) is 17.1 Å². The van der Waals surface area contributed by atoms with Crippen LogP contribution in [0, 0.1) is 17.8 Å². The maximum absolute atomic E-state index is 7.88. The van der Waals surface area contributed by atoms with Crippen LogP contribution < -0.4 is 20.9 Å². The Morgan fingerprint density at radius 1 is 0.649 bits per heavy atom. The lowest BCUT2D eigenvalue weighted by atomic mass is 9.33. The second kappa shape index (κ2) is 16.3. The molecule has 0 radical (unpaired) electrons. The van der Waals surface area contributed by atoms with Gasteiger partial charge in [0.2, 0.25) is 0 Å². The highest BCUT2D eigenvalue weighted by atomic mass is 16.3. The van der Waals surface area contributed by atoms with Crippen molar-refractivity contribution < 1.29 is 4.42 Å². The van der Waals surface area contributed by atoms with Crippen LogP contribution in [0.5, 0.6) is 0 Å². The van der Waals surface area contributed by atoms with Crippen LogP contribution in [0.2, 0.25) is 0 Å². The molecule has 74 heavy (non-hydrogen) atoms. The molecule has 0 bridgehead atoms. The van der Waals surface area contributed by atoms with Gasteiger partial charge in [-0.05, 0) is 209 Å². The molecule has 0 saturated heterocycles. The summed E-state index contributed by atoms with van der Waals surface area (Å²) in [6.07, 6.45) is 33.6. The Kier molecular flexibility index (Phi) is 10.7. The average molecular weight is 981 g/mol. The number of hydrogen-bond donors (Lipinski definition) is 0. The molecular formula is C70H85BN2O. The van der Waals surface area contributed by atoms with Gasteiger partial charge in [-0.15, -0.1) is 0 Å². The Morgan fingerprint density at radius 2 is 1.26 bits per heavy atom. The van der Waals surface area contributed by atoms with Gasteiger partial charge in [-0.1, -0.05) is 161 Å². The van der Waals surface area contributed by atoms with Crippen LogP contribution in [0.15, 0.2) is 129 Å². The van der Waals surface area contributed by atoms with Crippen LogP contribution >= 0.6 is 0 Å². The molecule has 2 aliphatic heterocycles. The number of nitrogens with zero attached hydrogens (tertiary/aromatic N) is 2. The molecule has 4 unspecified atom stereocenters. The molecule has 0 amide bonds. The van der Waals surface area contributed by atoms with Gasteiger partial charge in [0.15, 0.2) is 0 Å². The standard InChI is InChI=1S/C70H85BN2O/c1-42-32-59-62-60(33-42)73(48-35-45(44-21-16-15-17-22-44)34-46(36-48)49-23-19-18-20-43(49)2)63-50-38-53-56(70(13,14)31-28-67(53,7)8)41-61(50)74-64(63)71(62)57-39-54-55(69(11,12)30-29-68(54,9)10)40-58(57)72(59)47-24-25-51-52(37-47)66(5,6)27-26-65(51,3)4/h15-16,18-19,21,23-25,32,36-41,43,45-46,60H,17,20,22,26-31,33-35H2,1-14H3. The molecule has 4 aromatic rings. The van der Waals surface area contributed by atoms with Gasteiger partial charge in [-0.3, -0.25) is 0 Å². The Balaban J connectivity index is 1.13. The highest BCUT2D eigenvalue weighted by molar-refractivity contribution is 6.93. The van der Waals surface area contributed by atoms with E-state index in [2.05, 4.69) is 198 Å². The maximum atomic E-state index is 7.88. The molecule has 3 nitrogen and oxygen atoms in total. The van der Waals surface area contributed by atoms with Crippen LogP contribution in [0.3, 0.4) is 0 Å². The first-order chi connectivity index (χ1) is 34.9. The van der Waals surface area contributed by atoms with Crippen LogP contribution in [-0.2, 0) is 32.5 Å². The molecule has 3 aromatic carbocycles. The summed E-state index contributed by atoms with van der Waals surface area (Å²) in [4.78, 5) is 5.70. The molecular weight excluding hydrogens is 896 g/mol. The average Bonchev–Trinajstić information content (AvgIpc) is 3.79. The Hall–Kier alpha value is -4.96. The van der Waals surface area contributed by atoms with Crippen molar-refractivity contribution in [3.8, 4) is 0 Å². The topological polar surface area (TPSA) is 19.6 Å². The number of hydrogen-bond acceptors (Lipinski definition) is 3. The van der Waals surface area contributed by atoms with Crippen LogP contribution in [0.1, 0.15) is 207 Å². The van der Waals surface area contributed by atoms with Gasteiger partial charge < -0.3 is 14.2 Å². The highest BCUT2D eigenvalue weighted by Crippen LogP contribution is 2.56. The van der Waals surface area contributed by atoms with Crippen molar-refractivity contribution in [2.75, 3.05) is 9.80 Å². The van der Waals surface area contributed by atoms with Crippen LogP contribution in [0.25, 0.3) is 11.0 Å². The predicted molar refractivity (Wildman–Crippen MR) is 316 cm³/mol. The highest BCUT2D eigenvalue weighted by Gasteiger charge is 2.54. The molecule has 0 fully saturated rings. The number of rotatable bonds is 4. The SMILES string of the molecule is CC1=CC2=C3B(c4cc5c(cc4N2c2ccc4c(c2)C(C)(C)CCC4(C)C)C(C)(C)CCC5(C)C)c2oc4cc5c(cc4c2N(C2=CC(C4=CC=CCC4C)CC(C4=CC=CCC4)C2)C3C1)C(C)(C)CCC5(C)C. The zero-order valence-corrected chi connectivity index (χ0v) is 47.8. The molecule has 0 N–H and O–H groups in total. The van der Waals surface area contributed by atoms with Gasteiger partial charge >= 0.3 is 0 Å². The zero-order valence-electron chi connectivity index (χ0n) is 47.8. The number of allylic oxidation sites excluding steroid dienone is 11. The Bertz CT molecular complexity index is 3310. The normalized spacial score (nSPS) is 28.2. The van der Waals surface area contributed by atoms with E-state index in [1.54, 1.807) is 11.1 Å². The predicted octanol–water partition coefficient (Wildman–Crippen LogP) is 17.3. The molecule has 13 rings (SSSR count). The lowest BCUT2D eigenvalue weighted by Gasteiger charge is -2.52. The van der Waals surface area contributed by atoms with E-state index in [4.69, 9.17) is 4.42 Å². The summed E-state index contributed by atoms with van der Waals surface area (Å²) in [7, 11) is 0. The van der Waals surface area contributed by atoms with E-state index < -0.39 is 0 Å². The zero-order chi connectivity index (χ0) is 51.8. The minimum absolute atomic E-state index is 0.0189. The van der Waals surface area contributed by atoms with Crippen molar-refractivity contribution in [1.29, 1.82) is 0 Å². The molecule has 9 aliphatic rings. The number of furan rings is 1. The van der Waals surface area contributed by atoms with E-state index in [1.165, 1.54) is 129 Å². The third kappa shape index (κ3) is 7.31. The first-order valence-electron chi connectivity index (χ1n) is 29.3. The van der Waals surface area contributed by atoms with Gasteiger partial charge in [0.05, 0.1) is 17.4 Å². The van der Waals surface area contributed by atoms with E-state index in [9.17, 15) is 0 Å². The van der Waals surface area contributed by atoms with E-state index >= 15 is 0 Å². The van der Waals surface area contributed by atoms with Crippen molar-refractivity contribution in [2.24, 2.45) is 17.8 Å². The van der Waals surface area contributed by atoms with E-state index in [0.717, 1.165) is 43.3 Å². The van der Waals surface area contributed by atoms with Crippen molar-refractivity contribution in [1.82, 2.24) is 0 Å². The molecule has 0 saturated carbocycles. The second-order valence-electron chi connectivity index (χ2n) is 29.2. The summed E-state index contributed by atoms with van der Waals surface area (Å²) in [5.41, 5.74) is 26.3. The lowest BCUT2D eigenvalue weighted by Crippen LogP contribution is -2.62. The third-order valence-corrected chi connectivity index (χ3v) is 21.4. The fourth-order valence-electron chi connectivity index (χ4n) is 16.4. The van der Waals surface area contributed by atoms with Crippen molar-refractivity contribution in [3.05, 3.63) is 158 Å². The van der Waals surface area contributed by atoms with Gasteiger partial charge in [0, 0.05) is 34.1 Å². The quantitative estimate of drug-likeness (QED) is 0.190. The van der Waals surface area contributed by atoms with Crippen LogP contribution in [-0.4, -0.2) is 12.8 Å². The first-order valence-corrected chi connectivity index (χ1v) is 29.3. The smallest absolute Gasteiger partial charge is 0.292 e. The second-order valence-corrected chi connectivity index (χ2v) is 29.2. The first kappa shape index (κ1) is 48.7. The molecule has 4 heteroatoms. The van der Waals surface area contributed by atoms with Gasteiger partial charge in [-0.2, -0.15) is 0 Å². The van der Waals surface area contributed by atoms with Crippen molar-refractivity contribution in [3.63, 3.8) is 0 Å². The minimum Gasteiger partial charge on any atom is -0.468 e. The number of fused-ring (bicyclic) bond motifs is 9. The van der Waals surface area contributed by atoms with Gasteiger partial charge in [-0.25, -0.2) is 0 Å². The number of anilines is 3. The van der Waals surface area contributed by atoms with E-state index in [0.29, 0.717) is 17.8 Å². The fraction of sp³-hybridized carbons (Fsp3) is 0.514. The summed E-state index contributed by atoms with van der Waals surface area (Å²) < 4.78 is 7.88. The lowest BCUT2D eigenvalue weighted by molar-refractivity contribution is 0.332. The minimum atomic E-state index is -0.0189. The van der Waals surface area contributed by atoms with Gasteiger partial charge in [0.1, 0.15) is 5.58 Å². The summed E-state index contributed by atoms with van der Waals surface area (Å²) >= 11 is 0. The molecule has 384 valence electrons. The summed E-state index contributed by atoms with van der Waals surface area (Å²) in [6.45, 7) is 34.8.